The largest absolute Gasteiger partial charge is 0.356 e. The van der Waals surface area contributed by atoms with Crippen molar-refractivity contribution in [3.05, 3.63) is 75.2 Å². The number of amides is 2. The molecule has 0 fully saturated rings. The molecule has 0 saturated carbocycles. The van der Waals surface area contributed by atoms with Crippen molar-refractivity contribution < 1.29 is 9.59 Å². The standard InChI is InChI=1S/C23H25ClN4O3/c1-2-25-21(29)12-11-19-23(31)28(20-6-4-3-5-18(20)27-19)15-22(30)26-14-13-16-7-9-17(24)10-8-16/h3-10H,2,11-15H2,1H3,(H,25,29)(H,26,30). The summed E-state index contributed by atoms with van der Waals surface area (Å²) < 4.78 is 1.42. The van der Waals surface area contributed by atoms with E-state index in [4.69, 9.17) is 11.6 Å². The zero-order chi connectivity index (χ0) is 22.2. The van der Waals surface area contributed by atoms with Crippen LogP contribution in [0.15, 0.2) is 53.3 Å². The lowest BCUT2D eigenvalue weighted by Crippen LogP contribution is -2.35. The van der Waals surface area contributed by atoms with Gasteiger partial charge in [-0.25, -0.2) is 4.98 Å². The van der Waals surface area contributed by atoms with Crippen LogP contribution in [0.25, 0.3) is 11.0 Å². The molecule has 0 bridgehead atoms. The quantitative estimate of drug-likeness (QED) is 0.534. The molecule has 3 aromatic rings. The summed E-state index contributed by atoms with van der Waals surface area (Å²) in [6, 6.07) is 14.6. The molecular weight excluding hydrogens is 416 g/mol. The van der Waals surface area contributed by atoms with Crippen LogP contribution in [0.5, 0.6) is 0 Å². The first-order valence-electron chi connectivity index (χ1n) is 10.2. The highest BCUT2D eigenvalue weighted by atomic mass is 35.5. The molecule has 7 nitrogen and oxygen atoms in total. The van der Waals surface area contributed by atoms with Gasteiger partial charge in [-0.05, 0) is 43.2 Å². The van der Waals surface area contributed by atoms with Crippen LogP contribution in [-0.2, 0) is 29.0 Å². The Bertz CT molecular complexity index is 1130. The van der Waals surface area contributed by atoms with Gasteiger partial charge in [0.1, 0.15) is 12.2 Å². The van der Waals surface area contributed by atoms with Gasteiger partial charge in [0.05, 0.1) is 11.0 Å². The van der Waals surface area contributed by atoms with Gasteiger partial charge in [0, 0.05) is 31.0 Å². The molecule has 0 aliphatic carbocycles. The first kappa shape index (κ1) is 22.5. The molecule has 0 saturated heterocycles. The Hall–Kier alpha value is -3.19. The Labute approximate surface area is 185 Å². The zero-order valence-electron chi connectivity index (χ0n) is 17.4. The third-order valence-electron chi connectivity index (χ3n) is 4.83. The number of hydrogen-bond acceptors (Lipinski definition) is 4. The first-order chi connectivity index (χ1) is 15.0. The molecule has 3 rings (SSSR count). The molecule has 0 aliphatic rings. The van der Waals surface area contributed by atoms with Crippen LogP contribution < -0.4 is 16.2 Å². The van der Waals surface area contributed by atoms with Gasteiger partial charge in [0.15, 0.2) is 0 Å². The van der Waals surface area contributed by atoms with Crippen molar-refractivity contribution in [3.63, 3.8) is 0 Å². The number of aromatic nitrogens is 2. The van der Waals surface area contributed by atoms with E-state index in [1.165, 1.54) is 4.57 Å². The lowest BCUT2D eigenvalue weighted by molar-refractivity contribution is -0.122. The minimum Gasteiger partial charge on any atom is -0.356 e. The number of fused-ring (bicyclic) bond motifs is 1. The van der Waals surface area contributed by atoms with Crippen LogP contribution in [0.4, 0.5) is 0 Å². The number of carbonyl (C=O) groups is 2. The third kappa shape index (κ3) is 6.15. The zero-order valence-corrected chi connectivity index (χ0v) is 18.1. The van der Waals surface area contributed by atoms with E-state index in [1.807, 2.05) is 37.3 Å². The molecule has 1 heterocycles. The fraction of sp³-hybridized carbons (Fsp3) is 0.304. The topological polar surface area (TPSA) is 93.1 Å². The van der Waals surface area contributed by atoms with Crippen molar-refractivity contribution in [3.8, 4) is 0 Å². The van der Waals surface area contributed by atoms with Crippen molar-refractivity contribution in [1.82, 2.24) is 20.2 Å². The van der Waals surface area contributed by atoms with E-state index >= 15 is 0 Å². The second kappa shape index (κ2) is 10.7. The maximum atomic E-state index is 13.0. The van der Waals surface area contributed by atoms with Crippen LogP contribution in [0.1, 0.15) is 24.6 Å². The van der Waals surface area contributed by atoms with Gasteiger partial charge >= 0.3 is 0 Å². The SMILES string of the molecule is CCNC(=O)CCc1nc2ccccc2n(CC(=O)NCCc2ccc(Cl)cc2)c1=O. The lowest BCUT2D eigenvalue weighted by atomic mass is 10.1. The van der Waals surface area contributed by atoms with E-state index in [2.05, 4.69) is 15.6 Å². The Morgan fingerprint density at radius 3 is 2.48 bits per heavy atom. The monoisotopic (exact) mass is 440 g/mol. The predicted molar refractivity (Wildman–Crippen MR) is 121 cm³/mol. The number of para-hydroxylation sites is 2. The summed E-state index contributed by atoms with van der Waals surface area (Å²) in [6.45, 7) is 2.70. The summed E-state index contributed by atoms with van der Waals surface area (Å²) in [5.74, 6) is -0.398. The predicted octanol–water partition coefficient (Wildman–Crippen LogP) is 2.48. The number of carbonyl (C=O) groups excluding carboxylic acids is 2. The molecule has 0 atom stereocenters. The van der Waals surface area contributed by atoms with Gasteiger partial charge < -0.3 is 10.6 Å². The Morgan fingerprint density at radius 2 is 1.74 bits per heavy atom. The average molecular weight is 441 g/mol. The number of nitrogens with one attached hydrogen (secondary N) is 2. The number of hydrogen-bond donors (Lipinski definition) is 2. The minimum atomic E-state index is -0.351. The molecule has 0 aliphatic heterocycles. The highest BCUT2D eigenvalue weighted by Crippen LogP contribution is 2.11. The van der Waals surface area contributed by atoms with Crippen LogP contribution in [0, 0.1) is 0 Å². The molecule has 0 radical (unpaired) electrons. The summed E-state index contributed by atoms with van der Waals surface area (Å²) in [5.41, 5.74) is 2.18. The molecule has 8 heteroatoms. The number of halogens is 1. The van der Waals surface area contributed by atoms with Crippen LogP contribution in [0.3, 0.4) is 0 Å². The summed E-state index contributed by atoms with van der Waals surface area (Å²) in [5, 5.41) is 6.23. The maximum Gasteiger partial charge on any atom is 0.273 e. The van der Waals surface area contributed by atoms with Gasteiger partial charge in [-0.15, -0.1) is 0 Å². The van der Waals surface area contributed by atoms with Gasteiger partial charge in [0.25, 0.3) is 5.56 Å². The molecule has 1 aromatic heterocycles. The fourth-order valence-electron chi connectivity index (χ4n) is 3.28. The highest BCUT2D eigenvalue weighted by molar-refractivity contribution is 6.30. The van der Waals surface area contributed by atoms with Crippen molar-refractivity contribution in [2.45, 2.75) is 32.7 Å². The lowest BCUT2D eigenvalue weighted by Gasteiger charge is -2.12. The molecule has 2 aromatic carbocycles. The van der Waals surface area contributed by atoms with Gasteiger partial charge in [-0.2, -0.15) is 0 Å². The van der Waals surface area contributed by atoms with Gasteiger partial charge in [0.2, 0.25) is 11.8 Å². The van der Waals surface area contributed by atoms with Gasteiger partial charge in [-0.1, -0.05) is 35.9 Å². The van der Waals surface area contributed by atoms with E-state index in [-0.39, 0.29) is 42.5 Å². The molecule has 0 unspecified atom stereocenters. The normalized spacial score (nSPS) is 10.8. The third-order valence-corrected chi connectivity index (χ3v) is 5.09. The Morgan fingerprint density at radius 1 is 1.00 bits per heavy atom. The summed E-state index contributed by atoms with van der Waals surface area (Å²) >= 11 is 5.89. The Kier molecular flexibility index (Phi) is 7.78. The fourth-order valence-corrected chi connectivity index (χ4v) is 3.41. The highest BCUT2D eigenvalue weighted by Gasteiger charge is 2.14. The van der Waals surface area contributed by atoms with Crippen molar-refractivity contribution >= 4 is 34.4 Å². The maximum absolute atomic E-state index is 13.0. The second-order valence-corrected chi connectivity index (χ2v) is 7.55. The number of rotatable bonds is 9. The Balaban J connectivity index is 1.72. The second-order valence-electron chi connectivity index (χ2n) is 7.12. The number of nitrogens with zero attached hydrogens (tertiary/aromatic N) is 2. The number of benzene rings is 2. The first-order valence-corrected chi connectivity index (χ1v) is 10.6. The van der Waals surface area contributed by atoms with Crippen LogP contribution in [-0.4, -0.2) is 34.5 Å². The van der Waals surface area contributed by atoms with Crippen LogP contribution in [0.2, 0.25) is 5.02 Å². The van der Waals surface area contributed by atoms with Crippen molar-refractivity contribution in [1.29, 1.82) is 0 Å². The molecule has 2 N–H and O–H groups in total. The van der Waals surface area contributed by atoms with E-state index in [9.17, 15) is 14.4 Å². The molecule has 31 heavy (non-hydrogen) atoms. The van der Waals surface area contributed by atoms with E-state index in [0.717, 1.165) is 5.56 Å². The molecule has 0 spiro atoms. The summed E-state index contributed by atoms with van der Waals surface area (Å²) in [6.07, 6.45) is 1.04. The summed E-state index contributed by atoms with van der Waals surface area (Å²) in [4.78, 5) is 41.7. The van der Waals surface area contributed by atoms with Crippen LogP contribution >= 0.6 is 11.6 Å². The smallest absolute Gasteiger partial charge is 0.273 e. The van der Waals surface area contributed by atoms with E-state index < -0.39 is 0 Å². The van der Waals surface area contributed by atoms with E-state index in [0.29, 0.717) is 35.6 Å². The molecular formula is C23H25ClN4O3. The molecule has 2 amide bonds. The van der Waals surface area contributed by atoms with Crippen molar-refractivity contribution in [2.75, 3.05) is 13.1 Å². The average Bonchev–Trinajstić information content (AvgIpc) is 2.76. The van der Waals surface area contributed by atoms with Crippen molar-refractivity contribution in [2.24, 2.45) is 0 Å². The summed E-state index contributed by atoms with van der Waals surface area (Å²) in [7, 11) is 0. The number of aryl methyl sites for hydroxylation is 1. The molecule has 162 valence electrons. The van der Waals surface area contributed by atoms with E-state index in [1.54, 1.807) is 18.2 Å². The van der Waals surface area contributed by atoms with Gasteiger partial charge in [-0.3, -0.25) is 19.0 Å². The minimum absolute atomic E-state index is 0.114.